The van der Waals surface area contributed by atoms with Gasteiger partial charge in [-0.3, -0.25) is 9.59 Å². The third kappa shape index (κ3) is 5.20. The van der Waals surface area contributed by atoms with E-state index in [1.54, 1.807) is 74.9 Å². The Hall–Kier alpha value is -5.10. The highest BCUT2D eigenvalue weighted by molar-refractivity contribution is 6.18. The molecule has 0 aliphatic rings. The van der Waals surface area contributed by atoms with Crippen LogP contribution in [0.5, 0.6) is 11.5 Å². The number of methoxy groups -OCH3 is 2. The average molecular weight is 503 g/mol. The lowest BCUT2D eigenvalue weighted by Gasteiger charge is -2.04. The Morgan fingerprint density at radius 3 is 1.29 bits per heavy atom. The van der Waals surface area contributed by atoms with Crippen molar-refractivity contribution in [3.8, 4) is 11.5 Å². The summed E-state index contributed by atoms with van der Waals surface area (Å²) in [6.45, 7) is 0. The van der Waals surface area contributed by atoms with E-state index in [4.69, 9.17) is 9.47 Å². The Morgan fingerprint density at radius 1 is 0.553 bits per heavy atom. The lowest BCUT2D eigenvalue weighted by atomic mass is 10.1. The molecule has 0 fully saturated rings. The van der Waals surface area contributed by atoms with Crippen molar-refractivity contribution in [3.05, 3.63) is 119 Å². The van der Waals surface area contributed by atoms with Crippen LogP contribution in [-0.4, -0.2) is 35.8 Å². The van der Waals surface area contributed by atoms with Gasteiger partial charge in [-0.25, -0.2) is 0 Å². The Bertz CT molecular complexity index is 1670. The van der Waals surface area contributed by atoms with E-state index in [-0.39, 0.29) is 11.6 Å². The van der Waals surface area contributed by atoms with Gasteiger partial charge in [0.25, 0.3) is 0 Å². The van der Waals surface area contributed by atoms with Crippen LogP contribution in [-0.2, 0) is 0 Å². The second-order valence-corrected chi connectivity index (χ2v) is 8.64. The monoisotopic (exact) mass is 502 g/mol. The summed E-state index contributed by atoms with van der Waals surface area (Å²) in [5.41, 5.74) is 2.62. The summed E-state index contributed by atoms with van der Waals surface area (Å²) in [5, 5.41) is 2.88. The van der Waals surface area contributed by atoms with Gasteiger partial charge in [-0.2, -0.15) is 0 Å². The van der Waals surface area contributed by atoms with Gasteiger partial charge >= 0.3 is 0 Å². The molecule has 0 atom stereocenters. The van der Waals surface area contributed by atoms with E-state index < -0.39 is 0 Å². The fourth-order valence-electron chi connectivity index (χ4n) is 4.25. The van der Waals surface area contributed by atoms with Crippen LogP contribution in [0.15, 0.2) is 97.1 Å². The molecule has 1 heterocycles. The van der Waals surface area contributed by atoms with Crippen LogP contribution in [0.25, 0.3) is 34.0 Å². The summed E-state index contributed by atoms with van der Waals surface area (Å²) in [6.07, 6.45) is 3.19. The molecule has 4 aromatic carbocycles. The fourth-order valence-corrected chi connectivity index (χ4v) is 4.25. The number of Topliss-reactive ketones (excluding diaryl/α,β-unsaturated/α-hetero) is 2. The lowest BCUT2D eigenvalue weighted by molar-refractivity contribution is 0.105. The molecule has 5 aromatic rings. The van der Waals surface area contributed by atoms with Crippen molar-refractivity contribution in [2.75, 3.05) is 14.2 Å². The van der Waals surface area contributed by atoms with Crippen LogP contribution >= 0.6 is 0 Å². The molecule has 188 valence electrons. The van der Waals surface area contributed by atoms with Crippen LogP contribution in [0.4, 0.5) is 0 Å². The smallest absolute Gasteiger partial charge is 0.187 e. The lowest BCUT2D eigenvalue weighted by Crippen LogP contribution is -2.16. The number of aromatic nitrogens is 2. The molecule has 0 unspecified atom stereocenters. The van der Waals surface area contributed by atoms with Gasteiger partial charge < -0.3 is 19.4 Å². The molecule has 0 spiro atoms. The maximum Gasteiger partial charge on any atom is 0.187 e. The molecular formula is C32H26N2O4. The number of benzene rings is 4. The Balaban J connectivity index is 1.74. The number of ether oxygens (including phenoxy) is 2. The third-order valence-electron chi connectivity index (χ3n) is 6.27. The summed E-state index contributed by atoms with van der Waals surface area (Å²) in [5.74, 6) is 1.08. The third-order valence-corrected chi connectivity index (χ3v) is 6.27. The quantitative estimate of drug-likeness (QED) is 0.316. The van der Waals surface area contributed by atoms with E-state index >= 15 is 0 Å². The molecule has 2 N–H and O–H groups in total. The molecule has 0 radical (unpaired) electrons. The van der Waals surface area contributed by atoms with Crippen LogP contribution < -0.4 is 20.2 Å². The summed E-state index contributed by atoms with van der Waals surface area (Å²) in [7, 11) is 3.18. The number of hydrogen-bond donors (Lipinski definition) is 2. The number of H-pyrrole nitrogens is 2. The van der Waals surface area contributed by atoms with E-state index in [1.807, 2.05) is 48.5 Å². The first kappa shape index (κ1) is 24.6. The SMILES string of the molecule is COc1ccc(C(=O)/C=c2/[nH]c3ccccc3/c(=C\C(=O)c3ccc(OC)cc3)[nH]c3ccccc23)cc1. The predicted molar refractivity (Wildman–Crippen MR) is 151 cm³/mol. The zero-order valence-corrected chi connectivity index (χ0v) is 21.0. The fraction of sp³-hybridized carbons (Fsp3) is 0.0625. The Kier molecular flexibility index (Phi) is 7.04. The minimum Gasteiger partial charge on any atom is -0.497 e. The second kappa shape index (κ2) is 10.9. The number of fused-ring (bicyclic) bond motifs is 2. The molecule has 0 bridgehead atoms. The molecule has 38 heavy (non-hydrogen) atoms. The molecule has 0 aliphatic heterocycles. The number of ketones is 2. The topological polar surface area (TPSA) is 84.2 Å². The number of aromatic amines is 2. The zero-order valence-electron chi connectivity index (χ0n) is 21.0. The summed E-state index contributed by atoms with van der Waals surface area (Å²) >= 11 is 0. The van der Waals surface area contributed by atoms with Crippen molar-refractivity contribution in [1.29, 1.82) is 0 Å². The number of para-hydroxylation sites is 2. The first-order valence-electron chi connectivity index (χ1n) is 12.1. The van der Waals surface area contributed by atoms with E-state index in [9.17, 15) is 9.59 Å². The van der Waals surface area contributed by atoms with Gasteiger partial charge in [0, 0.05) is 45.1 Å². The molecule has 0 saturated heterocycles. The molecule has 0 aliphatic carbocycles. The van der Waals surface area contributed by atoms with Crippen molar-refractivity contribution < 1.29 is 19.1 Å². The Morgan fingerprint density at radius 2 is 0.921 bits per heavy atom. The van der Waals surface area contributed by atoms with E-state index in [2.05, 4.69) is 9.97 Å². The number of nitrogens with one attached hydrogen (secondary N) is 2. The largest absolute Gasteiger partial charge is 0.497 e. The molecule has 5 rings (SSSR count). The molecule has 0 saturated carbocycles. The maximum absolute atomic E-state index is 13.2. The van der Waals surface area contributed by atoms with Gasteiger partial charge in [-0.05, 0) is 60.7 Å². The second-order valence-electron chi connectivity index (χ2n) is 8.64. The number of carbonyl (C=O) groups is 2. The standard InChI is InChI=1S/C32H26N2O4/c1-37-23-15-11-21(12-16-23)31(35)19-29-25-7-3-5-9-27(25)34-30(26-8-4-6-10-28(26)33-29)20-32(36)22-13-17-24(38-2)18-14-22/h3-20,33-34H,1-2H3/b29-19+,30-20+. The van der Waals surface area contributed by atoms with Gasteiger partial charge in [-0.1, -0.05) is 36.4 Å². The van der Waals surface area contributed by atoms with Crippen LogP contribution in [0, 0.1) is 0 Å². The van der Waals surface area contributed by atoms with Gasteiger partial charge in [0.1, 0.15) is 11.5 Å². The molecule has 6 heteroatoms. The van der Waals surface area contributed by atoms with Gasteiger partial charge in [0.05, 0.1) is 24.9 Å². The Labute approximate surface area is 219 Å². The summed E-state index contributed by atoms with van der Waals surface area (Å²) in [6, 6.07) is 29.3. The van der Waals surface area contributed by atoms with Crippen molar-refractivity contribution in [1.82, 2.24) is 9.97 Å². The number of carbonyl (C=O) groups excluding carboxylic acids is 2. The zero-order chi connectivity index (χ0) is 26.5. The first-order chi connectivity index (χ1) is 18.6. The molecule has 1 aromatic heterocycles. The van der Waals surface area contributed by atoms with Crippen LogP contribution in [0.3, 0.4) is 0 Å². The highest BCUT2D eigenvalue weighted by Crippen LogP contribution is 2.14. The van der Waals surface area contributed by atoms with E-state index in [1.165, 1.54) is 0 Å². The van der Waals surface area contributed by atoms with Gasteiger partial charge in [0.2, 0.25) is 0 Å². The minimum absolute atomic E-state index is 0.145. The highest BCUT2D eigenvalue weighted by atomic mass is 16.5. The first-order valence-corrected chi connectivity index (χ1v) is 12.1. The van der Waals surface area contributed by atoms with Crippen molar-refractivity contribution >= 4 is 45.5 Å². The summed E-state index contributed by atoms with van der Waals surface area (Å²) in [4.78, 5) is 33.3. The number of hydrogen-bond acceptors (Lipinski definition) is 4. The molecule has 6 nitrogen and oxygen atoms in total. The predicted octanol–water partition coefficient (Wildman–Crippen LogP) is 5.12. The highest BCUT2D eigenvalue weighted by Gasteiger charge is 2.07. The molecular weight excluding hydrogens is 476 g/mol. The van der Waals surface area contributed by atoms with Crippen molar-refractivity contribution in [2.24, 2.45) is 0 Å². The van der Waals surface area contributed by atoms with Crippen molar-refractivity contribution in [3.63, 3.8) is 0 Å². The minimum atomic E-state index is -0.145. The van der Waals surface area contributed by atoms with Gasteiger partial charge in [-0.15, -0.1) is 0 Å². The average Bonchev–Trinajstić information content (AvgIpc) is 2.96. The number of rotatable bonds is 6. The van der Waals surface area contributed by atoms with E-state index in [0.717, 1.165) is 21.8 Å². The molecule has 0 amide bonds. The normalized spacial score (nSPS) is 11.9. The maximum atomic E-state index is 13.2. The van der Waals surface area contributed by atoms with Crippen LogP contribution in [0.2, 0.25) is 0 Å². The van der Waals surface area contributed by atoms with Gasteiger partial charge in [0.15, 0.2) is 11.6 Å². The van der Waals surface area contributed by atoms with E-state index in [0.29, 0.717) is 33.3 Å². The van der Waals surface area contributed by atoms with Crippen LogP contribution in [0.1, 0.15) is 20.7 Å². The summed E-state index contributed by atoms with van der Waals surface area (Å²) < 4.78 is 10.4. The van der Waals surface area contributed by atoms with Crippen molar-refractivity contribution in [2.45, 2.75) is 0 Å².